The van der Waals surface area contributed by atoms with Crippen LogP contribution in [-0.2, 0) is 0 Å². The lowest BCUT2D eigenvalue weighted by Gasteiger charge is -2.25. The topological polar surface area (TPSA) is 33.2 Å². The highest BCUT2D eigenvalue weighted by molar-refractivity contribution is 7.99. The van der Waals surface area contributed by atoms with Crippen LogP contribution in [0.15, 0.2) is 18.3 Å². The second-order valence-corrected chi connectivity index (χ2v) is 5.84. The van der Waals surface area contributed by atoms with Gasteiger partial charge in [-0.2, -0.15) is 11.8 Å². The van der Waals surface area contributed by atoms with E-state index in [2.05, 4.69) is 18.8 Å². The standard InChI is InChI=1S/C13H19ClN2OS/c1-4-18-9-7-10(2)16(3)13(17)11-6-5-8-15-12(11)14/h5-6,8,10H,4,7,9H2,1-3H3/t10-/m0/s1. The lowest BCUT2D eigenvalue weighted by atomic mass is 10.2. The third kappa shape index (κ3) is 4.18. The van der Waals surface area contributed by atoms with E-state index in [1.54, 1.807) is 23.2 Å². The number of hydrogen-bond acceptors (Lipinski definition) is 3. The number of halogens is 1. The Morgan fingerprint density at radius 3 is 2.94 bits per heavy atom. The Kier molecular flexibility index (Phi) is 6.50. The average molecular weight is 287 g/mol. The van der Waals surface area contributed by atoms with Crippen molar-refractivity contribution in [3.8, 4) is 0 Å². The molecule has 1 rings (SSSR count). The molecule has 1 atom stereocenters. The number of thioether (sulfide) groups is 1. The zero-order chi connectivity index (χ0) is 13.5. The summed E-state index contributed by atoms with van der Waals surface area (Å²) in [5.74, 6) is 2.11. The van der Waals surface area contributed by atoms with E-state index in [4.69, 9.17) is 11.6 Å². The second kappa shape index (κ2) is 7.64. The zero-order valence-corrected chi connectivity index (χ0v) is 12.6. The van der Waals surface area contributed by atoms with Gasteiger partial charge in [-0.25, -0.2) is 4.98 Å². The molecule has 0 aliphatic heterocycles. The summed E-state index contributed by atoms with van der Waals surface area (Å²) in [5, 5.41) is 0.268. The average Bonchev–Trinajstić information content (AvgIpc) is 2.38. The molecule has 0 radical (unpaired) electrons. The Bertz CT molecular complexity index is 400. The molecule has 0 fully saturated rings. The fourth-order valence-electron chi connectivity index (χ4n) is 1.53. The lowest BCUT2D eigenvalue weighted by molar-refractivity contribution is 0.0741. The van der Waals surface area contributed by atoms with Crippen molar-refractivity contribution in [3.05, 3.63) is 29.0 Å². The highest BCUT2D eigenvalue weighted by Gasteiger charge is 2.19. The van der Waals surface area contributed by atoms with Crippen LogP contribution in [0.1, 0.15) is 30.6 Å². The molecule has 18 heavy (non-hydrogen) atoms. The van der Waals surface area contributed by atoms with Gasteiger partial charge in [-0.05, 0) is 37.0 Å². The molecule has 0 N–H and O–H groups in total. The minimum atomic E-state index is -0.0675. The fraction of sp³-hybridized carbons (Fsp3) is 0.538. The van der Waals surface area contributed by atoms with Crippen LogP contribution in [0.4, 0.5) is 0 Å². The maximum absolute atomic E-state index is 12.2. The Morgan fingerprint density at radius 2 is 2.33 bits per heavy atom. The molecule has 0 bridgehead atoms. The molecule has 1 aromatic heterocycles. The summed E-state index contributed by atoms with van der Waals surface area (Å²) in [6.45, 7) is 4.19. The number of aromatic nitrogens is 1. The fourth-order valence-corrected chi connectivity index (χ4v) is 2.52. The lowest BCUT2D eigenvalue weighted by Crippen LogP contribution is -2.35. The Morgan fingerprint density at radius 1 is 1.61 bits per heavy atom. The minimum absolute atomic E-state index is 0.0675. The maximum Gasteiger partial charge on any atom is 0.256 e. The van der Waals surface area contributed by atoms with E-state index in [9.17, 15) is 4.79 Å². The molecule has 1 amide bonds. The van der Waals surface area contributed by atoms with Crippen molar-refractivity contribution >= 4 is 29.3 Å². The first kappa shape index (κ1) is 15.3. The van der Waals surface area contributed by atoms with Gasteiger partial charge < -0.3 is 4.90 Å². The first-order valence-corrected chi connectivity index (χ1v) is 7.56. The third-order valence-corrected chi connectivity index (χ3v) is 4.09. The number of pyridine rings is 1. The zero-order valence-electron chi connectivity index (χ0n) is 11.0. The van der Waals surface area contributed by atoms with Gasteiger partial charge in [0.1, 0.15) is 5.15 Å². The maximum atomic E-state index is 12.2. The molecule has 0 spiro atoms. The number of nitrogens with zero attached hydrogens (tertiary/aromatic N) is 2. The Hall–Kier alpha value is -0.740. The van der Waals surface area contributed by atoms with Gasteiger partial charge in [-0.1, -0.05) is 18.5 Å². The summed E-state index contributed by atoms with van der Waals surface area (Å²) in [4.78, 5) is 17.9. The molecular formula is C13H19ClN2OS. The number of rotatable bonds is 6. The molecule has 0 aromatic carbocycles. The number of amides is 1. The Balaban J connectivity index is 2.63. The van der Waals surface area contributed by atoms with E-state index in [1.165, 1.54) is 0 Å². The molecule has 100 valence electrons. The monoisotopic (exact) mass is 286 g/mol. The van der Waals surface area contributed by atoms with Crippen LogP contribution in [-0.4, -0.2) is 40.4 Å². The quantitative estimate of drug-likeness (QED) is 0.594. The molecule has 1 heterocycles. The molecule has 0 aliphatic rings. The van der Waals surface area contributed by atoms with Crippen LogP contribution >= 0.6 is 23.4 Å². The highest BCUT2D eigenvalue weighted by atomic mass is 35.5. The summed E-state index contributed by atoms with van der Waals surface area (Å²) in [6.07, 6.45) is 2.57. The van der Waals surface area contributed by atoms with Crippen LogP contribution in [0, 0.1) is 0 Å². The largest absolute Gasteiger partial charge is 0.339 e. The molecule has 3 nitrogen and oxygen atoms in total. The SMILES string of the molecule is CCSCC[C@H](C)N(C)C(=O)c1cccnc1Cl. The van der Waals surface area contributed by atoms with Gasteiger partial charge in [-0.3, -0.25) is 4.79 Å². The normalized spacial score (nSPS) is 12.2. The summed E-state index contributed by atoms with van der Waals surface area (Å²) >= 11 is 7.82. The summed E-state index contributed by atoms with van der Waals surface area (Å²) in [6, 6.07) is 3.64. The molecular weight excluding hydrogens is 268 g/mol. The summed E-state index contributed by atoms with van der Waals surface area (Å²) in [5.41, 5.74) is 0.469. The van der Waals surface area contributed by atoms with Crippen molar-refractivity contribution in [1.29, 1.82) is 0 Å². The van der Waals surface area contributed by atoms with Crippen molar-refractivity contribution in [3.63, 3.8) is 0 Å². The third-order valence-electron chi connectivity index (χ3n) is 2.86. The van der Waals surface area contributed by atoms with Gasteiger partial charge in [0.05, 0.1) is 5.56 Å². The van der Waals surface area contributed by atoms with E-state index >= 15 is 0 Å². The van der Waals surface area contributed by atoms with E-state index in [1.807, 2.05) is 18.8 Å². The highest BCUT2D eigenvalue weighted by Crippen LogP contribution is 2.16. The van der Waals surface area contributed by atoms with E-state index < -0.39 is 0 Å². The van der Waals surface area contributed by atoms with Crippen LogP contribution in [0.25, 0.3) is 0 Å². The van der Waals surface area contributed by atoms with Gasteiger partial charge in [-0.15, -0.1) is 0 Å². The predicted octanol–water partition coefficient (Wildman–Crippen LogP) is 3.34. The van der Waals surface area contributed by atoms with Gasteiger partial charge in [0, 0.05) is 19.3 Å². The first-order chi connectivity index (χ1) is 8.57. The summed E-state index contributed by atoms with van der Waals surface area (Å²) < 4.78 is 0. The van der Waals surface area contributed by atoms with Crippen LogP contribution in [0.5, 0.6) is 0 Å². The summed E-state index contributed by atoms with van der Waals surface area (Å²) in [7, 11) is 1.81. The number of hydrogen-bond donors (Lipinski definition) is 0. The molecule has 5 heteroatoms. The minimum Gasteiger partial charge on any atom is -0.339 e. The number of carbonyl (C=O) groups is 1. The van der Waals surface area contributed by atoms with Crippen molar-refractivity contribution in [1.82, 2.24) is 9.88 Å². The molecule has 0 unspecified atom stereocenters. The van der Waals surface area contributed by atoms with Gasteiger partial charge >= 0.3 is 0 Å². The van der Waals surface area contributed by atoms with Gasteiger partial charge in [0.2, 0.25) is 0 Å². The van der Waals surface area contributed by atoms with E-state index in [-0.39, 0.29) is 17.1 Å². The molecule has 0 saturated carbocycles. The first-order valence-electron chi connectivity index (χ1n) is 6.03. The molecule has 1 aromatic rings. The van der Waals surface area contributed by atoms with Crippen LogP contribution in [0.2, 0.25) is 5.15 Å². The van der Waals surface area contributed by atoms with Gasteiger partial charge in [0.25, 0.3) is 5.91 Å². The van der Waals surface area contributed by atoms with Crippen molar-refractivity contribution < 1.29 is 4.79 Å². The predicted molar refractivity (Wildman–Crippen MR) is 78.4 cm³/mol. The van der Waals surface area contributed by atoms with Crippen molar-refractivity contribution in [2.45, 2.75) is 26.3 Å². The van der Waals surface area contributed by atoms with Crippen molar-refractivity contribution in [2.75, 3.05) is 18.6 Å². The van der Waals surface area contributed by atoms with Crippen LogP contribution < -0.4 is 0 Å². The van der Waals surface area contributed by atoms with Crippen LogP contribution in [0.3, 0.4) is 0 Å². The number of carbonyl (C=O) groups excluding carboxylic acids is 1. The van der Waals surface area contributed by atoms with Gasteiger partial charge in [0.15, 0.2) is 0 Å². The smallest absolute Gasteiger partial charge is 0.256 e. The second-order valence-electron chi connectivity index (χ2n) is 4.09. The molecule has 0 saturated heterocycles. The van der Waals surface area contributed by atoms with Crippen molar-refractivity contribution in [2.24, 2.45) is 0 Å². The molecule has 0 aliphatic carbocycles. The van der Waals surface area contributed by atoms with E-state index in [0.717, 1.165) is 17.9 Å². The van der Waals surface area contributed by atoms with E-state index in [0.29, 0.717) is 5.56 Å². The Labute approximate surface area is 118 Å².